The number of aryl methyl sites for hydroxylation is 1. The Hall–Kier alpha value is -2.83. The number of benzene rings is 3. The highest BCUT2D eigenvalue weighted by molar-refractivity contribution is 7.92. The average molecular weight is 415 g/mol. The molecule has 0 fully saturated rings. The van der Waals surface area contributed by atoms with Gasteiger partial charge in [0.2, 0.25) is 5.91 Å². The molecule has 0 spiro atoms. The van der Waals surface area contributed by atoms with E-state index in [0.29, 0.717) is 16.4 Å². The molecule has 28 heavy (non-hydrogen) atoms. The van der Waals surface area contributed by atoms with Crippen LogP contribution < -0.4 is 9.62 Å². The highest BCUT2D eigenvalue weighted by atomic mass is 35.5. The van der Waals surface area contributed by atoms with Crippen molar-refractivity contribution in [1.29, 1.82) is 0 Å². The largest absolute Gasteiger partial charge is 0.325 e. The first kappa shape index (κ1) is 19.9. The Morgan fingerprint density at radius 1 is 0.929 bits per heavy atom. The van der Waals surface area contributed by atoms with Crippen LogP contribution in [0.1, 0.15) is 5.56 Å². The monoisotopic (exact) mass is 414 g/mol. The summed E-state index contributed by atoms with van der Waals surface area (Å²) in [6.45, 7) is 1.55. The Bertz CT molecular complexity index is 1050. The fraction of sp³-hybridized carbons (Fsp3) is 0.0952. The Kier molecular flexibility index (Phi) is 6.02. The molecule has 3 aromatic rings. The molecule has 5 nitrogen and oxygen atoms in total. The molecule has 0 unspecified atom stereocenters. The molecule has 0 saturated carbocycles. The van der Waals surface area contributed by atoms with Crippen LogP contribution in [0.25, 0.3) is 0 Å². The van der Waals surface area contributed by atoms with E-state index in [1.807, 2.05) is 6.92 Å². The van der Waals surface area contributed by atoms with Crippen LogP contribution in [0, 0.1) is 6.92 Å². The number of hydrogen-bond acceptors (Lipinski definition) is 3. The van der Waals surface area contributed by atoms with Crippen molar-refractivity contribution in [3.63, 3.8) is 0 Å². The van der Waals surface area contributed by atoms with E-state index in [1.165, 1.54) is 12.1 Å². The zero-order chi connectivity index (χ0) is 20.1. The molecule has 1 amide bonds. The molecular formula is C21H19ClN2O3S. The van der Waals surface area contributed by atoms with Crippen molar-refractivity contribution >= 4 is 38.9 Å². The van der Waals surface area contributed by atoms with Crippen LogP contribution in [0.15, 0.2) is 83.8 Å². The number of carbonyl (C=O) groups is 1. The predicted molar refractivity (Wildman–Crippen MR) is 112 cm³/mol. The summed E-state index contributed by atoms with van der Waals surface area (Å²) in [5, 5.41) is 3.25. The van der Waals surface area contributed by atoms with Gasteiger partial charge in [-0.05, 0) is 55.5 Å². The normalized spacial score (nSPS) is 11.1. The molecule has 3 rings (SSSR count). The molecule has 0 radical (unpaired) electrons. The van der Waals surface area contributed by atoms with Crippen molar-refractivity contribution in [2.45, 2.75) is 11.8 Å². The van der Waals surface area contributed by atoms with E-state index >= 15 is 0 Å². The Balaban J connectivity index is 1.91. The highest BCUT2D eigenvalue weighted by Gasteiger charge is 2.27. The molecule has 3 aromatic carbocycles. The minimum Gasteiger partial charge on any atom is -0.325 e. The summed E-state index contributed by atoms with van der Waals surface area (Å²) < 4.78 is 27.5. The molecule has 0 aliphatic heterocycles. The number of halogens is 1. The summed E-state index contributed by atoms with van der Waals surface area (Å²) in [5.41, 5.74) is 1.95. The van der Waals surface area contributed by atoms with E-state index in [-0.39, 0.29) is 11.4 Å². The molecule has 0 aliphatic carbocycles. The SMILES string of the molecule is Cc1ccc(N(CC(=O)Nc2ccc(Cl)cc2)S(=O)(=O)c2ccccc2)cc1. The van der Waals surface area contributed by atoms with Crippen LogP contribution in [0.4, 0.5) is 11.4 Å². The summed E-state index contributed by atoms with van der Waals surface area (Å²) in [5.74, 6) is -0.456. The summed E-state index contributed by atoms with van der Waals surface area (Å²) in [6, 6.07) is 21.6. The van der Waals surface area contributed by atoms with Gasteiger partial charge in [0.1, 0.15) is 6.54 Å². The minimum atomic E-state index is -3.91. The third-order valence-electron chi connectivity index (χ3n) is 4.07. The topological polar surface area (TPSA) is 66.5 Å². The van der Waals surface area contributed by atoms with E-state index in [9.17, 15) is 13.2 Å². The van der Waals surface area contributed by atoms with Crippen LogP contribution in [0.2, 0.25) is 5.02 Å². The lowest BCUT2D eigenvalue weighted by Crippen LogP contribution is -2.38. The standard InChI is InChI=1S/C21H19ClN2O3S/c1-16-7-13-19(14-8-16)24(28(26,27)20-5-3-2-4-6-20)15-21(25)23-18-11-9-17(22)10-12-18/h2-14H,15H2,1H3,(H,23,25). The van der Waals surface area contributed by atoms with Crippen molar-refractivity contribution in [3.05, 3.63) is 89.4 Å². The molecular weight excluding hydrogens is 396 g/mol. The Morgan fingerprint density at radius 2 is 1.54 bits per heavy atom. The molecule has 1 N–H and O–H groups in total. The van der Waals surface area contributed by atoms with Gasteiger partial charge >= 0.3 is 0 Å². The lowest BCUT2D eigenvalue weighted by atomic mass is 10.2. The van der Waals surface area contributed by atoms with Crippen molar-refractivity contribution in [2.24, 2.45) is 0 Å². The number of rotatable bonds is 6. The van der Waals surface area contributed by atoms with Gasteiger partial charge in [-0.2, -0.15) is 0 Å². The number of hydrogen-bond donors (Lipinski definition) is 1. The minimum absolute atomic E-state index is 0.120. The summed E-state index contributed by atoms with van der Waals surface area (Å²) in [7, 11) is -3.91. The first-order valence-electron chi connectivity index (χ1n) is 8.56. The quantitative estimate of drug-likeness (QED) is 0.646. The maximum atomic E-state index is 13.2. The predicted octanol–water partition coefficient (Wildman–Crippen LogP) is 4.48. The van der Waals surface area contributed by atoms with Gasteiger partial charge < -0.3 is 5.32 Å². The van der Waals surface area contributed by atoms with Gasteiger partial charge in [-0.25, -0.2) is 8.42 Å². The van der Waals surface area contributed by atoms with Crippen LogP contribution in [-0.2, 0) is 14.8 Å². The fourth-order valence-corrected chi connectivity index (χ4v) is 4.18. The first-order valence-corrected chi connectivity index (χ1v) is 10.4. The fourth-order valence-electron chi connectivity index (χ4n) is 2.61. The maximum absolute atomic E-state index is 13.2. The summed E-state index contributed by atoms with van der Waals surface area (Å²) in [6.07, 6.45) is 0. The van der Waals surface area contributed by atoms with Gasteiger partial charge in [0.25, 0.3) is 10.0 Å². The number of carbonyl (C=O) groups excluding carboxylic acids is 1. The molecule has 144 valence electrons. The molecule has 7 heteroatoms. The second kappa shape index (κ2) is 8.46. The second-order valence-corrected chi connectivity index (χ2v) is 8.51. The van der Waals surface area contributed by atoms with Crippen LogP contribution in [-0.4, -0.2) is 20.9 Å². The van der Waals surface area contributed by atoms with Gasteiger partial charge in [0.05, 0.1) is 10.6 Å². The van der Waals surface area contributed by atoms with Gasteiger partial charge in [-0.3, -0.25) is 9.10 Å². The van der Waals surface area contributed by atoms with E-state index in [2.05, 4.69) is 5.32 Å². The average Bonchev–Trinajstić information content (AvgIpc) is 2.69. The second-order valence-electron chi connectivity index (χ2n) is 6.22. The third kappa shape index (κ3) is 4.71. The zero-order valence-corrected chi connectivity index (χ0v) is 16.7. The summed E-state index contributed by atoms with van der Waals surface area (Å²) >= 11 is 5.85. The third-order valence-corrected chi connectivity index (χ3v) is 6.11. The molecule has 0 saturated heterocycles. The van der Waals surface area contributed by atoms with Gasteiger partial charge in [-0.1, -0.05) is 47.5 Å². The van der Waals surface area contributed by atoms with Crippen molar-refractivity contribution in [1.82, 2.24) is 0 Å². The molecule has 0 aliphatic rings. The van der Waals surface area contributed by atoms with Gasteiger partial charge in [0.15, 0.2) is 0 Å². The number of nitrogens with one attached hydrogen (secondary N) is 1. The van der Waals surface area contributed by atoms with Crippen molar-refractivity contribution in [2.75, 3.05) is 16.2 Å². The Morgan fingerprint density at radius 3 is 2.14 bits per heavy atom. The molecule has 0 heterocycles. The van der Waals surface area contributed by atoms with Crippen LogP contribution in [0.5, 0.6) is 0 Å². The van der Waals surface area contributed by atoms with Gasteiger partial charge in [0, 0.05) is 10.7 Å². The number of anilines is 2. The Labute approximate surface area is 169 Å². The van der Waals surface area contributed by atoms with E-state index < -0.39 is 15.9 Å². The van der Waals surface area contributed by atoms with E-state index in [4.69, 9.17) is 11.6 Å². The van der Waals surface area contributed by atoms with E-state index in [0.717, 1.165) is 9.87 Å². The van der Waals surface area contributed by atoms with Crippen LogP contribution in [0.3, 0.4) is 0 Å². The van der Waals surface area contributed by atoms with E-state index in [1.54, 1.807) is 66.7 Å². The molecule has 0 atom stereocenters. The number of sulfonamides is 1. The van der Waals surface area contributed by atoms with Crippen LogP contribution >= 0.6 is 11.6 Å². The number of nitrogens with zero attached hydrogens (tertiary/aromatic N) is 1. The smallest absolute Gasteiger partial charge is 0.264 e. The molecule has 0 aromatic heterocycles. The highest BCUT2D eigenvalue weighted by Crippen LogP contribution is 2.24. The lowest BCUT2D eigenvalue weighted by molar-refractivity contribution is -0.114. The number of amides is 1. The first-order chi connectivity index (χ1) is 13.4. The zero-order valence-electron chi connectivity index (χ0n) is 15.2. The van der Waals surface area contributed by atoms with Crippen molar-refractivity contribution in [3.8, 4) is 0 Å². The molecule has 0 bridgehead atoms. The van der Waals surface area contributed by atoms with Gasteiger partial charge in [-0.15, -0.1) is 0 Å². The lowest BCUT2D eigenvalue weighted by Gasteiger charge is -2.24. The van der Waals surface area contributed by atoms with Crippen molar-refractivity contribution < 1.29 is 13.2 Å². The summed E-state index contributed by atoms with van der Waals surface area (Å²) in [4.78, 5) is 12.7. The maximum Gasteiger partial charge on any atom is 0.264 e.